The number of nitrogens with one attached hydrogen (secondary N) is 1. The second-order valence-corrected chi connectivity index (χ2v) is 5.93. The number of rotatable bonds is 3. The molecule has 0 radical (unpaired) electrons. The molecule has 22 heavy (non-hydrogen) atoms. The Morgan fingerprint density at radius 1 is 1.45 bits per heavy atom. The zero-order chi connectivity index (χ0) is 14.9. The number of aromatic nitrogens is 6. The summed E-state index contributed by atoms with van der Waals surface area (Å²) in [5.41, 5.74) is 0.359. The molecule has 1 aliphatic heterocycles. The number of fused-ring (bicyclic) bond motifs is 1. The van der Waals surface area contributed by atoms with Crippen LogP contribution in [0.4, 0.5) is 0 Å². The van der Waals surface area contributed by atoms with E-state index in [0.717, 1.165) is 16.7 Å². The Labute approximate surface area is 128 Å². The molecule has 1 unspecified atom stereocenters. The van der Waals surface area contributed by atoms with Crippen molar-refractivity contribution in [1.82, 2.24) is 30.2 Å². The second kappa shape index (κ2) is 5.50. The minimum atomic E-state index is -0.197. The molecule has 1 N–H and O–H groups in total. The molecule has 4 heterocycles. The minimum absolute atomic E-state index is 0.142. The lowest BCUT2D eigenvalue weighted by atomic mass is 10.3. The summed E-state index contributed by atoms with van der Waals surface area (Å²) >= 11 is 1.36. The van der Waals surface area contributed by atoms with Gasteiger partial charge in [0.05, 0.1) is 12.6 Å². The van der Waals surface area contributed by atoms with Crippen molar-refractivity contribution in [2.75, 3.05) is 13.2 Å². The van der Waals surface area contributed by atoms with Crippen LogP contribution in [-0.4, -0.2) is 43.4 Å². The molecule has 1 saturated heterocycles. The van der Waals surface area contributed by atoms with Gasteiger partial charge in [0.25, 0.3) is 5.56 Å². The summed E-state index contributed by atoms with van der Waals surface area (Å²) < 4.78 is 7.15. The van der Waals surface area contributed by atoms with E-state index in [9.17, 15) is 4.79 Å². The van der Waals surface area contributed by atoms with Crippen molar-refractivity contribution >= 4 is 22.8 Å². The largest absolute Gasteiger partial charge is 0.379 e. The molecule has 4 rings (SSSR count). The molecule has 1 fully saturated rings. The van der Waals surface area contributed by atoms with E-state index in [1.165, 1.54) is 11.8 Å². The maximum Gasteiger partial charge on any atom is 0.250 e. The van der Waals surface area contributed by atoms with Crippen molar-refractivity contribution in [3.63, 3.8) is 0 Å². The van der Waals surface area contributed by atoms with Crippen LogP contribution >= 0.6 is 11.8 Å². The van der Waals surface area contributed by atoms with E-state index in [-0.39, 0.29) is 11.6 Å². The Morgan fingerprint density at radius 2 is 2.41 bits per heavy atom. The number of aromatic amines is 1. The third-order valence-electron chi connectivity index (χ3n) is 3.49. The molecular formula is C13H12N6O2S. The van der Waals surface area contributed by atoms with Gasteiger partial charge in [-0.3, -0.25) is 4.79 Å². The van der Waals surface area contributed by atoms with Gasteiger partial charge in [-0.2, -0.15) is 0 Å². The van der Waals surface area contributed by atoms with Crippen LogP contribution in [0.25, 0.3) is 11.0 Å². The maximum atomic E-state index is 11.8. The average Bonchev–Trinajstić information content (AvgIpc) is 3.17. The molecule has 9 heteroatoms. The zero-order valence-corrected chi connectivity index (χ0v) is 12.3. The summed E-state index contributed by atoms with van der Waals surface area (Å²) in [4.78, 5) is 19.5. The fourth-order valence-electron chi connectivity index (χ4n) is 2.43. The molecule has 0 spiro atoms. The summed E-state index contributed by atoms with van der Waals surface area (Å²) in [5, 5.41) is 13.4. The van der Waals surface area contributed by atoms with Crippen LogP contribution < -0.4 is 5.56 Å². The Kier molecular flexibility index (Phi) is 3.35. The van der Waals surface area contributed by atoms with Gasteiger partial charge in [-0.05, 0) is 40.7 Å². The zero-order valence-electron chi connectivity index (χ0n) is 11.5. The molecule has 1 aliphatic rings. The molecular weight excluding hydrogens is 304 g/mol. The summed E-state index contributed by atoms with van der Waals surface area (Å²) in [6, 6.07) is 5.42. The van der Waals surface area contributed by atoms with E-state index in [1.807, 2.05) is 12.1 Å². The van der Waals surface area contributed by atoms with Crippen LogP contribution in [0.2, 0.25) is 0 Å². The SMILES string of the molecule is O=c1cc(Sc2nnnn2C2CCOC2)c2cccnc2[nH]1. The molecule has 0 bridgehead atoms. The average molecular weight is 316 g/mol. The van der Waals surface area contributed by atoms with Crippen molar-refractivity contribution in [1.29, 1.82) is 0 Å². The third-order valence-corrected chi connectivity index (χ3v) is 4.50. The fraction of sp³-hybridized carbons (Fsp3) is 0.308. The van der Waals surface area contributed by atoms with Crippen molar-refractivity contribution in [2.24, 2.45) is 0 Å². The van der Waals surface area contributed by atoms with Gasteiger partial charge in [0, 0.05) is 29.2 Å². The van der Waals surface area contributed by atoms with Crippen LogP contribution in [0.5, 0.6) is 0 Å². The maximum absolute atomic E-state index is 11.8. The van der Waals surface area contributed by atoms with Gasteiger partial charge in [0.1, 0.15) is 5.65 Å². The fourth-order valence-corrected chi connectivity index (χ4v) is 3.43. The molecule has 1 atom stereocenters. The number of H-pyrrole nitrogens is 1. The standard InChI is InChI=1S/C13H12N6O2S/c20-11-6-10(9-2-1-4-14-12(9)15-11)22-13-16-17-18-19(13)8-3-5-21-7-8/h1-2,4,6,8H,3,5,7H2,(H,14,15,20). The Balaban J connectivity index is 1.75. The first kappa shape index (κ1) is 13.4. The molecule has 3 aromatic heterocycles. The Bertz CT molecular complexity index is 870. The Hall–Kier alpha value is -2.26. The summed E-state index contributed by atoms with van der Waals surface area (Å²) in [5.74, 6) is 0. The molecule has 0 amide bonds. The van der Waals surface area contributed by atoms with E-state index in [4.69, 9.17) is 4.74 Å². The lowest BCUT2D eigenvalue weighted by Crippen LogP contribution is -2.12. The first-order chi connectivity index (χ1) is 10.8. The molecule has 0 aliphatic carbocycles. The monoisotopic (exact) mass is 316 g/mol. The van der Waals surface area contributed by atoms with Gasteiger partial charge < -0.3 is 9.72 Å². The van der Waals surface area contributed by atoms with Crippen LogP contribution in [-0.2, 0) is 4.74 Å². The molecule has 0 saturated carbocycles. The van der Waals surface area contributed by atoms with E-state index < -0.39 is 0 Å². The first-order valence-corrected chi connectivity index (χ1v) is 7.64. The van der Waals surface area contributed by atoms with E-state index in [2.05, 4.69) is 25.5 Å². The molecule has 3 aromatic rings. The summed E-state index contributed by atoms with van der Waals surface area (Å²) in [6.07, 6.45) is 2.53. The van der Waals surface area contributed by atoms with Gasteiger partial charge in [-0.25, -0.2) is 9.67 Å². The van der Waals surface area contributed by atoms with Gasteiger partial charge in [-0.15, -0.1) is 5.10 Å². The number of pyridine rings is 2. The highest BCUT2D eigenvalue weighted by Crippen LogP contribution is 2.32. The van der Waals surface area contributed by atoms with Crippen LogP contribution in [0.15, 0.2) is 39.2 Å². The highest BCUT2D eigenvalue weighted by atomic mass is 32.2. The van der Waals surface area contributed by atoms with E-state index in [0.29, 0.717) is 24.0 Å². The second-order valence-electron chi connectivity index (χ2n) is 4.92. The van der Waals surface area contributed by atoms with Gasteiger partial charge in [0.2, 0.25) is 5.16 Å². The lowest BCUT2D eigenvalue weighted by molar-refractivity contribution is 0.182. The van der Waals surface area contributed by atoms with Gasteiger partial charge in [0.15, 0.2) is 0 Å². The topological polar surface area (TPSA) is 98.6 Å². The first-order valence-electron chi connectivity index (χ1n) is 6.83. The Morgan fingerprint density at radius 3 is 3.27 bits per heavy atom. The van der Waals surface area contributed by atoms with E-state index >= 15 is 0 Å². The number of ether oxygens (including phenoxy) is 1. The lowest BCUT2D eigenvalue weighted by Gasteiger charge is -2.10. The highest BCUT2D eigenvalue weighted by molar-refractivity contribution is 7.99. The highest BCUT2D eigenvalue weighted by Gasteiger charge is 2.23. The number of nitrogens with zero attached hydrogens (tertiary/aromatic N) is 5. The molecule has 8 nitrogen and oxygen atoms in total. The molecule has 112 valence electrons. The van der Waals surface area contributed by atoms with Crippen molar-refractivity contribution in [3.8, 4) is 0 Å². The van der Waals surface area contributed by atoms with Crippen molar-refractivity contribution < 1.29 is 4.74 Å². The van der Waals surface area contributed by atoms with Crippen LogP contribution in [0, 0.1) is 0 Å². The molecule has 0 aromatic carbocycles. The van der Waals surface area contributed by atoms with Crippen LogP contribution in [0.1, 0.15) is 12.5 Å². The summed E-state index contributed by atoms with van der Waals surface area (Å²) in [7, 11) is 0. The smallest absolute Gasteiger partial charge is 0.250 e. The van der Waals surface area contributed by atoms with E-state index in [1.54, 1.807) is 16.9 Å². The van der Waals surface area contributed by atoms with Crippen molar-refractivity contribution in [3.05, 3.63) is 34.7 Å². The third kappa shape index (κ3) is 2.38. The number of hydrogen-bond donors (Lipinski definition) is 1. The summed E-state index contributed by atoms with van der Waals surface area (Å²) in [6.45, 7) is 1.32. The minimum Gasteiger partial charge on any atom is -0.379 e. The predicted octanol–water partition coefficient (Wildman–Crippen LogP) is 1.02. The van der Waals surface area contributed by atoms with Gasteiger partial charge in [-0.1, -0.05) is 0 Å². The normalized spacial score (nSPS) is 18.1. The number of hydrogen-bond acceptors (Lipinski definition) is 7. The van der Waals surface area contributed by atoms with Crippen molar-refractivity contribution in [2.45, 2.75) is 22.5 Å². The number of tetrazole rings is 1. The predicted molar refractivity (Wildman–Crippen MR) is 78.8 cm³/mol. The van der Waals surface area contributed by atoms with Crippen LogP contribution in [0.3, 0.4) is 0 Å². The van der Waals surface area contributed by atoms with Gasteiger partial charge >= 0.3 is 0 Å². The quantitative estimate of drug-likeness (QED) is 0.770.